The Kier molecular flexibility index (Phi) is 5.58. The zero-order chi connectivity index (χ0) is 12.8. The lowest BCUT2D eigenvalue weighted by atomic mass is 10.00. The highest BCUT2D eigenvalue weighted by Gasteiger charge is 2.24. The van der Waals surface area contributed by atoms with E-state index in [1.807, 2.05) is 11.8 Å². The van der Waals surface area contributed by atoms with Gasteiger partial charge in [-0.15, -0.1) is 11.8 Å². The first-order valence-electron chi connectivity index (χ1n) is 7.23. The van der Waals surface area contributed by atoms with Crippen LogP contribution in [0.15, 0.2) is 29.2 Å². The molecule has 1 fully saturated rings. The number of rotatable bonds is 6. The third-order valence-corrected chi connectivity index (χ3v) is 5.24. The van der Waals surface area contributed by atoms with Crippen molar-refractivity contribution in [3.63, 3.8) is 0 Å². The van der Waals surface area contributed by atoms with Crippen LogP contribution in [0.1, 0.15) is 38.2 Å². The number of hydrogen-bond donors (Lipinski definition) is 1. The molecule has 0 spiro atoms. The minimum absolute atomic E-state index is 0.696. The highest BCUT2D eigenvalue weighted by atomic mass is 32.2. The van der Waals surface area contributed by atoms with E-state index >= 15 is 0 Å². The smallest absolute Gasteiger partial charge is 0.0189 e. The van der Waals surface area contributed by atoms with Crippen LogP contribution in [0.4, 0.5) is 0 Å². The standard InChI is InChI=1S/C16H25NS/c1-3-17-15(14-9-5-6-10-14)12-18-16-11-7-4-8-13(16)2/h4,7-8,11,14-15,17H,3,5-6,9-10,12H2,1-2H3. The van der Waals surface area contributed by atoms with Gasteiger partial charge in [-0.1, -0.05) is 38.0 Å². The van der Waals surface area contributed by atoms with E-state index < -0.39 is 0 Å². The molecule has 0 bridgehead atoms. The van der Waals surface area contributed by atoms with Crippen LogP contribution in [0.25, 0.3) is 0 Å². The molecule has 0 radical (unpaired) electrons. The number of hydrogen-bond acceptors (Lipinski definition) is 2. The van der Waals surface area contributed by atoms with Gasteiger partial charge in [-0.05, 0) is 43.9 Å². The zero-order valence-corrected chi connectivity index (χ0v) is 12.4. The van der Waals surface area contributed by atoms with Crippen molar-refractivity contribution in [1.82, 2.24) is 5.32 Å². The summed E-state index contributed by atoms with van der Waals surface area (Å²) in [5.41, 5.74) is 1.41. The molecule has 1 aromatic rings. The molecule has 1 aliphatic carbocycles. The van der Waals surface area contributed by atoms with Crippen molar-refractivity contribution in [1.29, 1.82) is 0 Å². The second kappa shape index (κ2) is 7.20. The largest absolute Gasteiger partial charge is 0.313 e. The van der Waals surface area contributed by atoms with Crippen molar-refractivity contribution in [3.05, 3.63) is 29.8 Å². The van der Waals surface area contributed by atoms with Crippen LogP contribution < -0.4 is 5.32 Å². The molecule has 1 aromatic carbocycles. The van der Waals surface area contributed by atoms with E-state index in [4.69, 9.17) is 0 Å². The highest BCUT2D eigenvalue weighted by Crippen LogP contribution is 2.31. The molecule has 0 amide bonds. The fourth-order valence-corrected chi connectivity index (χ4v) is 4.10. The average molecular weight is 263 g/mol. The number of thioether (sulfide) groups is 1. The molecule has 0 aliphatic heterocycles. The average Bonchev–Trinajstić information content (AvgIpc) is 2.90. The first kappa shape index (κ1) is 14.0. The maximum absolute atomic E-state index is 3.69. The van der Waals surface area contributed by atoms with E-state index in [1.165, 1.54) is 41.9 Å². The first-order valence-corrected chi connectivity index (χ1v) is 8.21. The number of benzene rings is 1. The molecule has 2 rings (SSSR count). The van der Waals surface area contributed by atoms with Gasteiger partial charge < -0.3 is 5.32 Å². The molecular formula is C16H25NS. The molecule has 1 N–H and O–H groups in total. The second-order valence-electron chi connectivity index (χ2n) is 5.29. The topological polar surface area (TPSA) is 12.0 Å². The minimum atomic E-state index is 0.696. The van der Waals surface area contributed by atoms with E-state index in [0.717, 1.165) is 12.5 Å². The van der Waals surface area contributed by atoms with Crippen LogP contribution in [-0.2, 0) is 0 Å². The van der Waals surface area contributed by atoms with Gasteiger partial charge in [0.05, 0.1) is 0 Å². The summed E-state index contributed by atoms with van der Waals surface area (Å²) >= 11 is 2.02. The lowest BCUT2D eigenvalue weighted by Crippen LogP contribution is -2.37. The molecule has 1 aliphatic rings. The quantitative estimate of drug-likeness (QED) is 0.770. The van der Waals surface area contributed by atoms with Crippen LogP contribution in [0, 0.1) is 12.8 Å². The Bertz CT molecular complexity index is 358. The third-order valence-electron chi connectivity index (χ3n) is 3.95. The van der Waals surface area contributed by atoms with Gasteiger partial charge in [0.2, 0.25) is 0 Å². The molecule has 1 unspecified atom stereocenters. The van der Waals surface area contributed by atoms with Crippen molar-refractivity contribution in [2.75, 3.05) is 12.3 Å². The lowest BCUT2D eigenvalue weighted by Gasteiger charge is -2.24. The SMILES string of the molecule is CCNC(CSc1ccccc1C)C1CCCC1. The molecule has 100 valence electrons. The fraction of sp³-hybridized carbons (Fsp3) is 0.625. The Morgan fingerprint density at radius 3 is 2.67 bits per heavy atom. The Hall–Kier alpha value is -0.470. The molecule has 0 saturated heterocycles. The Morgan fingerprint density at radius 2 is 2.00 bits per heavy atom. The summed E-state index contributed by atoms with van der Waals surface area (Å²) < 4.78 is 0. The van der Waals surface area contributed by atoms with Gasteiger partial charge in [-0.25, -0.2) is 0 Å². The van der Waals surface area contributed by atoms with Gasteiger partial charge in [0.15, 0.2) is 0 Å². The molecule has 1 nitrogen and oxygen atoms in total. The van der Waals surface area contributed by atoms with Crippen LogP contribution >= 0.6 is 11.8 Å². The summed E-state index contributed by atoms with van der Waals surface area (Å²) in [4.78, 5) is 1.44. The van der Waals surface area contributed by atoms with E-state index in [-0.39, 0.29) is 0 Å². The zero-order valence-electron chi connectivity index (χ0n) is 11.6. The predicted octanol–water partition coefficient (Wildman–Crippen LogP) is 4.26. The molecule has 1 atom stereocenters. The predicted molar refractivity (Wildman–Crippen MR) is 81.3 cm³/mol. The second-order valence-corrected chi connectivity index (χ2v) is 6.35. The van der Waals surface area contributed by atoms with Gasteiger partial charge in [-0.2, -0.15) is 0 Å². The Balaban J connectivity index is 1.91. The van der Waals surface area contributed by atoms with Gasteiger partial charge in [0.25, 0.3) is 0 Å². The molecule has 0 heterocycles. The third kappa shape index (κ3) is 3.76. The molecule has 1 saturated carbocycles. The lowest BCUT2D eigenvalue weighted by molar-refractivity contribution is 0.394. The summed E-state index contributed by atoms with van der Waals surface area (Å²) in [7, 11) is 0. The molecule has 0 aromatic heterocycles. The van der Waals surface area contributed by atoms with Crippen LogP contribution in [0.2, 0.25) is 0 Å². The number of aryl methyl sites for hydroxylation is 1. The summed E-state index contributed by atoms with van der Waals surface area (Å²) in [6.07, 6.45) is 5.71. The van der Waals surface area contributed by atoms with Crippen molar-refractivity contribution >= 4 is 11.8 Å². The maximum atomic E-state index is 3.69. The van der Waals surface area contributed by atoms with E-state index in [1.54, 1.807) is 0 Å². The molecular weight excluding hydrogens is 238 g/mol. The van der Waals surface area contributed by atoms with E-state index in [9.17, 15) is 0 Å². The molecule has 2 heteroatoms. The van der Waals surface area contributed by atoms with Crippen LogP contribution in [0.3, 0.4) is 0 Å². The van der Waals surface area contributed by atoms with Gasteiger partial charge in [0, 0.05) is 16.7 Å². The minimum Gasteiger partial charge on any atom is -0.313 e. The van der Waals surface area contributed by atoms with Crippen molar-refractivity contribution < 1.29 is 0 Å². The number of nitrogens with one attached hydrogen (secondary N) is 1. The normalized spacial score (nSPS) is 18.1. The Labute approximate surface area is 116 Å². The highest BCUT2D eigenvalue weighted by molar-refractivity contribution is 7.99. The van der Waals surface area contributed by atoms with E-state index in [2.05, 4.69) is 43.4 Å². The first-order chi connectivity index (χ1) is 8.81. The summed E-state index contributed by atoms with van der Waals surface area (Å²) in [5.74, 6) is 2.12. The summed E-state index contributed by atoms with van der Waals surface area (Å²) in [6, 6.07) is 9.42. The van der Waals surface area contributed by atoms with Crippen molar-refractivity contribution in [2.24, 2.45) is 5.92 Å². The van der Waals surface area contributed by atoms with Gasteiger partial charge in [-0.3, -0.25) is 0 Å². The van der Waals surface area contributed by atoms with Crippen molar-refractivity contribution in [2.45, 2.75) is 50.5 Å². The molecule has 18 heavy (non-hydrogen) atoms. The van der Waals surface area contributed by atoms with Crippen molar-refractivity contribution in [3.8, 4) is 0 Å². The van der Waals surface area contributed by atoms with E-state index in [0.29, 0.717) is 6.04 Å². The summed E-state index contributed by atoms with van der Waals surface area (Å²) in [5, 5.41) is 3.69. The van der Waals surface area contributed by atoms with Gasteiger partial charge >= 0.3 is 0 Å². The summed E-state index contributed by atoms with van der Waals surface area (Å²) in [6.45, 7) is 5.52. The fourth-order valence-electron chi connectivity index (χ4n) is 2.88. The van der Waals surface area contributed by atoms with Crippen LogP contribution in [-0.4, -0.2) is 18.3 Å². The Morgan fingerprint density at radius 1 is 1.28 bits per heavy atom. The monoisotopic (exact) mass is 263 g/mol. The van der Waals surface area contributed by atoms with Crippen LogP contribution in [0.5, 0.6) is 0 Å². The maximum Gasteiger partial charge on any atom is 0.0189 e. The van der Waals surface area contributed by atoms with Gasteiger partial charge in [0.1, 0.15) is 0 Å².